The van der Waals surface area contributed by atoms with Gasteiger partial charge in [0.1, 0.15) is 17.0 Å². The molecule has 3 aromatic rings. The Bertz CT molecular complexity index is 1220. The van der Waals surface area contributed by atoms with Gasteiger partial charge >= 0.3 is 0 Å². The predicted octanol–water partition coefficient (Wildman–Crippen LogP) is 5.68. The molecule has 1 fully saturated rings. The van der Waals surface area contributed by atoms with E-state index in [2.05, 4.69) is 12.2 Å². The van der Waals surface area contributed by atoms with E-state index < -0.39 is 5.54 Å². The summed E-state index contributed by atoms with van der Waals surface area (Å²) in [5.41, 5.74) is 1.60. The minimum absolute atomic E-state index is 0.0610. The van der Waals surface area contributed by atoms with E-state index in [-0.39, 0.29) is 17.9 Å². The first-order chi connectivity index (χ1) is 17.5. The summed E-state index contributed by atoms with van der Waals surface area (Å²) in [4.78, 5) is 29.7. The molecule has 0 saturated heterocycles. The fraction of sp³-hybridized carbons (Fsp3) is 0.467. The number of para-hydroxylation sites is 1. The van der Waals surface area contributed by atoms with Crippen LogP contribution in [0.3, 0.4) is 0 Å². The number of carbonyl (C=O) groups is 2. The highest BCUT2D eigenvalue weighted by Crippen LogP contribution is 2.34. The second-order valence-electron chi connectivity index (χ2n) is 10.5. The van der Waals surface area contributed by atoms with Crippen LogP contribution in [0.25, 0.3) is 10.9 Å². The Morgan fingerprint density at radius 2 is 1.78 bits per heavy atom. The van der Waals surface area contributed by atoms with Gasteiger partial charge in [-0.05, 0) is 56.0 Å². The Kier molecular flexibility index (Phi) is 7.04. The molecule has 36 heavy (non-hydrogen) atoms. The highest BCUT2D eigenvalue weighted by atomic mass is 16.5. The average molecular weight is 488 g/mol. The van der Waals surface area contributed by atoms with Crippen molar-refractivity contribution in [3.63, 3.8) is 0 Å². The van der Waals surface area contributed by atoms with Crippen molar-refractivity contribution < 1.29 is 14.3 Å². The quantitative estimate of drug-likeness (QED) is 0.436. The molecular weight excluding hydrogens is 450 g/mol. The van der Waals surface area contributed by atoms with E-state index in [0.717, 1.165) is 54.3 Å². The first-order valence-corrected chi connectivity index (χ1v) is 13.4. The molecule has 1 N–H and O–H groups in total. The van der Waals surface area contributed by atoms with Crippen molar-refractivity contribution in [2.75, 3.05) is 6.61 Å². The Morgan fingerprint density at radius 1 is 1.06 bits per heavy atom. The maximum atomic E-state index is 14.0. The van der Waals surface area contributed by atoms with E-state index in [1.165, 1.54) is 12.8 Å². The van der Waals surface area contributed by atoms with Crippen molar-refractivity contribution in [1.82, 2.24) is 14.8 Å². The molecular formula is C30H37N3O3. The highest BCUT2D eigenvalue weighted by molar-refractivity contribution is 6.03. The predicted molar refractivity (Wildman–Crippen MR) is 142 cm³/mol. The minimum atomic E-state index is -1.00. The van der Waals surface area contributed by atoms with Gasteiger partial charge in [-0.1, -0.05) is 62.9 Å². The minimum Gasteiger partial charge on any atom is -0.494 e. The number of aromatic nitrogens is 1. The summed E-state index contributed by atoms with van der Waals surface area (Å²) in [5.74, 6) is 0.649. The van der Waals surface area contributed by atoms with E-state index in [0.29, 0.717) is 25.4 Å². The third-order valence-electron chi connectivity index (χ3n) is 7.75. The fourth-order valence-electron chi connectivity index (χ4n) is 5.61. The van der Waals surface area contributed by atoms with Crippen LogP contribution in [0.5, 0.6) is 5.75 Å². The number of rotatable bonds is 7. The Morgan fingerprint density at radius 3 is 2.50 bits per heavy atom. The SMILES string of the molecule is CCCOc1ccc(CN2C(=O)c3cc4ccccc4n3C[C@]2(C)C(=O)NC2CCCCCC2)cc1. The molecule has 1 saturated carbocycles. The molecule has 1 aliphatic carbocycles. The van der Waals surface area contributed by atoms with Crippen LogP contribution < -0.4 is 10.1 Å². The zero-order chi connectivity index (χ0) is 25.1. The number of nitrogens with zero attached hydrogens (tertiary/aromatic N) is 2. The molecule has 0 unspecified atom stereocenters. The van der Waals surface area contributed by atoms with Crippen LogP contribution in [0.15, 0.2) is 54.6 Å². The lowest BCUT2D eigenvalue weighted by Crippen LogP contribution is -2.64. The third-order valence-corrected chi connectivity index (χ3v) is 7.75. The Balaban J connectivity index is 1.47. The van der Waals surface area contributed by atoms with Gasteiger partial charge in [0.25, 0.3) is 5.91 Å². The second kappa shape index (κ2) is 10.4. The van der Waals surface area contributed by atoms with Crippen molar-refractivity contribution in [3.05, 3.63) is 65.9 Å². The number of carbonyl (C=O) groups excluding carboxylic acids is 2. The van der Waals surface area contributed by atoms with E-state index >= 15 is 0 Å². The Hall–Kier alpha value is -3.28. The van der Waals surface area contributed by atoms with Gasteiger partial charge in [-0.3, -0.25) is 9.59 Å². The van der Waals surface area contributed by atoms with Gasteiger partial charge in [-0.25, -0.2) is 0 Å². The summed E-state index contributed by atoms with van der Waals surface area (Å²) < 4.78 is 7.76. The largest absolute Gasteiger partial charge is 0.494 e. The molecule has 6 nitrogen and oxygen atoms in total. The smallest absolute Gasteiger partial charge is 0.271 e. The maximum absolute atomic E-state index is 14.0. The van der Waals surface area contributed by atoms with Crippen molar-refractivity contribution in [2.24, 2.45) is 0 Å². The molecule has 0 spiro atoms. The van der Waals surface area contributed by atoms with E-state index in [4.69, 9.17) is 4.74 Å². The number of hydrogen-bond acceptors (Lipinski definition) is 3. The first-order valence-electron chi connectivity index (χ1n) is 13.4. The molecule has 0 bridgehead atoms. The zero-order valence-electron chi connectivity index (χ0n) is 21.5. The van der Waals surface area contributed by atoms with Crippen LogP contribution in [0.4, 0.5) is 0 Å². The molecule has 2 aromatic carbocycles. The molecule has 190 valence electrons. The second-order valence-corrected chi connectivity index (χ2v) is 10.5. The molecule has 1 atom stereocenters. The van der Waals surface area contributed by atoms with Crippen LogP contribution in [-0.4, -0.2) is 39.5 Å². The number of fused-ring (bicyclic) bond motifs is 3. The summed E-state index contributed by atoms with van der Waals surface area (Å²) in [6.07, 6.45) is 7.70. The summed E-state index contributed by atoms with van der Waals surface area (Å²) in [6.45, 7) is 5.47. The van der Waals surface area contributed by atoms with Gasteiger partial charge in [0.05, 0.1) is 13.2 Å². The van der Waals surface area contributed by atoms with Crippen LogP contribution in [0.1, 0.15) is 74.8 Å². The van der Waals surface area contributed by atoms with Crippen molar-refractivity contribution in [2.45, 2.75) is 83.5 Å². The molecule has 1 aliphatic heterocycles. The van der Waals surface area contributed by atoms with E-state index in [1.54, 1.807) is 4.90 Å². The average Bonchev–Trinajstić information content (AvgIpc) is 3.06. The summed E-state index contributed by atoms with van der Waals surface area (Å²) in [7, 11) is 0. The van der Waals surface area contributed by atoms with Crippen LogP contribution in [0, 0.1) is 0 Å². The van der Waals surface area contributed by atoms with Gasteiger partial charge < -0.3 is 19.5 Å². The number of hydrogen-bond donors (Lipinski definition) is 1. The third kappa shape index (κ3) is 4.73. The summed E-state index contributed by atoms with van der Waals surface area (Å²) in [5, 5.41) is 4.36. The van der Waals surface area contributed by atoms with Crippen molar-refractivity contribution in [1.29, 1.82) is 0 Å². The molecule has 5 rings (SSSR count). The van der Waals surface area contributed by atoms with Crippen LogP contribution >= 0.6 is 0 Å². The lowest BCUT2D eigenvalue weighted by atomic mass is 9.93. The maximum Gasteiger partial charge on any atom is 0.271 e. The number of benzene rings is 2. The monoisotopic (exact) mass is 487 g/mol. The van der Waals surface area contributed by atoms with E-state index in [9.17, 15) is 9.59 Å². The number of ether oxygens (including phenoxy) is 1. The number of nitrogens with one attached hydrogen (secondary N) is 1. The van der Waals surface area contributed by atoms with Crippen molar-refractivity contribution in [3.8, 4) is 5.75 Å². The van der Waals surface area contributed by atoms with E-state index in [1.807, 2.05) is 66.1 Å². The zero-order valence-corrected chi connectivity index (χ0v) is 21.5. The lowest BCUT2D eigenvalue weighted by Gasteiger charge is -2.44. The van der Waals surface area contributed by atoms with Gasteiger partial charge in [0, 0.05) is 23.5 Å². The molecule has 2 amide bonds. The standard InChI is InChI=1S/C30H37N3O3/c1-3-18-36-25-16-14-22(15-17-25)20-33-28(34)27-19-23-10-8-9-13-26(23)32(27)21-30(33,2)29(35)31-24-11-6-4-5-7-12-24/h8-10,13-17,19,24H,3-7,11-12,18,20-21H2,1-2H3,(H,31,35)/t30-/m1/s1. The summed E-state index contributed by atoms with van der Waals surface area (Å²) in [6, 6.07) is 18.0. The lowest BCUT2D eigenvalue weighted by molar-refractivity contribution is -0.134. The van der Waals surface area contributed by atoms with Gasteiger partial charge in [0.2, 0.25) is 5.91 Å². The molecule has 2 aliphatic rings. The molecule has 1 aromatic heterocycles. The molecule has 2 heterocycles. The van der Waals surface area contributed by atoms with Crippen LogP contribution in [0.2, 0.25) is 0 Å². The van der Waals surface area contributed by atoms with Gasteiger partial charge in [0.15, 0.2) is 0 Å². The first kappa shape index (κ1) is 24.4. The van der Waals surface area contributed by atoms with Gasteiger partial charge in [-0.15, -0.1) is 0 Å². The van der Waals surface area contributed by atoms with Gasteiger partial charge in [-0.2, -0.15) is 0 Å². The summed E-state index contributed by atoms with van der Waals surface area (Å²) >= 11 is 0. The normalized spacial score (nSPS) is 20.7. The molecule has 0 radical (unpaired) electrons. The fourth-order valence-corrected chi connectivity index (χ4v) is 5.61. The van der Waals surface area contributed by atoms with Crippen molar-refractivity contribution >= 4 is 22.7 Å². The number of amides is 2. The Labute approximate surface area is 213 Å². The van der Waals surface area contributed by atoms with Crippen LogP contribution in [-0.2, 0) is 17.9 Å². The topological polar surface area (TPSA) is 63.6 Å². The molecule has 6 heteroatoms. The highest BCUT2D eigenvalue weighted by Gasteiger charge is 2.48.